The zero-order valence-corrected chi connectivity index (χ0v) is 30.1. The van der Waals surface area contributed by atoms with Crippen molar-refractivity contribution in [3.63, 3.8) is 0 Å². The van der Waals surface area contributed by atoms with Crippen LogP contribution in [0.2, 0.25) is 0 Å². The standard InChI is InChI=1S/C24H27N3O.C8H18O3.C5H13N/c1-7-27(8-2)20-13-10-18(11-14-20)9-12-19-17-28-23(24(3,4)5)15-21(19)22(16-25)26-6;1-6(9-3)8(11-5)7(2)10-4;1-4-6(3)5-2/h9-15,17H,7-8H2,1-5H3;6-8H,1-5H3;4-5H2,1-3H3/b12-9+,22-21-;;. The summed E-state index contributed by atoms with van der Waals surface area (Å²) in [7, 11) is 7.10. The summed E-state index contributed by atoms with van der Waals surface area (Å²) in [5.74, 6) is 0.736. The van der Waals surface area contributed by atoms with E-state index in [-0.39, 0.29) is 29.4 Å². The molecule has 0 bridgehead atoms. The van der Waals surface area contributed by atoms with Gasteiger partial charge in [0.25, 0.3) is 5.70 Å². The molecule has 0 amide bonds. The molecule has 1 aliphatic heterocycles. The Morgan fingerprint density at radius 3 is 1.82 bits per heavy atom. The van der Waals surface area contributed by atoms with Gasteiger partial charge in [-0.2, -0.15) is 0 Å². The molecule has 0 saturated heterocycles. The van der Waals surface area contributed by atoms with Crippen LogP contribution in [0.4, 0.5) is 5.69 Å². The Labute approximate surface area is 274 Å². The second-order valence-corrected chi connectivity index (χ2v) is 11.6. The van der Waals surface area contributed by atoms with Gasteiger partial charge in [0.15, 0.2) is 0 Å². The molecule has 0 fully saturated rings. The van der Waals surface area contributed by atoms with Crippen molar-refractivity contribution >= 4 is 11.8 Å². The summed E-state index contributed by atoms with van der Waals surface area (Å²) in [6.07, 6.45) is 7.42. The minimum Gasteiger partial charge on any atom is -0.468 e. The molecule has 45 heavy (non-hydrogen) atoms. The molecule has 0 aliphatic carbocycles. The number of anilines is 1. The zero-order chi connectivity index (χ0) is 34.6. The van der Waals surface area contributed by atoms with E-state index in [1.807, 2.05) is 52.8 Å². The number of hydrogen-bond donors (Lipinski definition) is 0. The normalized spacial score (nSPS) is 15.9. The lowest BCUT2D eigenvalue weighted by atomic mass is 9.89. The van der Waals surface area contributed by atoms with Gasteiger partial charge in [0.1, 0.15) is 11.9 Å². The first-order chi connectivity index (χ1) is 21.3. The average Bonchev–Trinajstić information content (AvgIpc) is 3.05. The third kappa shape index (κ3) is 14.5. The maximum atomic E-state index is 9.35. The summed E-state index contributed by atoms with van der Waals surface area (Å²) < 4.78 is 21.2. The molecule has 0 radical (unpaired) electrons. The molecule has 2 rings (SSSR count). The van der Waals surface area contributed by atoms with E-state index < -0.39 is 0 Å². The highest BCUT2D eigenvalue weighted by Crippen LogP contribution is 2.34. The first-order valence-corrected chi connectivity index (χ1v) is 15.7. The van der Waals surface area contributed by atoms with Gasteiger partial charge in [0.05, 0.1) is 31.1 Å². The highest BCUT2D eigenvalue weighted by Gasteiger charge is 2.24. The number of hydrogen-bond acceptors (Lipinski definition) is 7. The predicted molar refractivity (Wildman–Crippen MR) is 188 cm³/mol. The van der Waals surface area contributed by atoms with Crippen LogP contribution < -0.4 is 4.90 Å². The second kappa shape index (κ2) is 22.2. The van der Waals surface area contributed by atoms with Crippen LogP contribution in [0, 0.1) is 23.3 Å². The summed E-state index contributed by atoms with van der Waals surface area (Å²) in [6.45, 7) is 30.2. The van der Waals surface area contributed by atoms with Gasteiger partial charge in [-0.15, -0.1) is 0 Å². The largest absolute Gasteiger partial charge is 0.468 e. The molecule has 2 atom stereocenters. The van der Waals surface area contributed by atoms with E-state index >= 15 is 0 Å². The number of ether oxygens (including phenoxy) is 4. The Hall–Kier alpha value is -3.40. The Bertz CT molecular complexity index is 1160. The predicted octanol–water partition coefficient (Wildman–Crippen LogP) is 8.12. The van der Waals surface area contributed by atoms with Gasteiger partial charge >= 0.3 is 0 Å². The van der Waals surface area contributed by atoms with Gasteiger partial charge in [0, 0.05) is 56.7 Å². The molecule has 250 valence electrons. The lowest BCUT2D eigenvalue weighted by Crippen LogP contribution is -2.37. The van der Waals surface area contributed by atoms with Crippen molar-refractivity contribution in [1.82, 2.24) is 4.90 Å². The number of allylic oxidation sites excluding steroid dienone is 6. The molecule has 2 unspecified atom stereocenters. The monoisotopic (exact) mass is 622 g/mol. The van der Waals surface area contributed by atoms with E-state index in [0.717, 1.165) is 37.5 Å². The van der Waals surface area contributed by atoms with Gasteiger partial charge in [0.2, 0.25) is 0 Å². The van der Waals surface area contributed by atoms with Crippen molar-refractivity contribution in [2.24, 2.45) is 5.41 Å². The van der Waals surface area contributed by atoms with Gasteiger partial charge in [-0.1, -0.05) is 58.9 Å². The fourth-order valence-corrected chi connectivity index (χ4v) is 4.14. The van der Waals surface area contributed by atoms with Crippen molar-refractivity contribution in [2.45, 2.75) is 80.6 Å². The molecule has 1 aromatic carbocycles. The highest BCUT2D eigenvalue weighted by atomic mass is 16.6. The maximum absolute atomic E-state index is 9.35. The van der Waals surface area contributed by atoms with Crippen LogP contribution >= 0.6 is 0 Å². The molecule has 8 heteroatoms. The van der Waals surface area contributed by atoms with Crippen molar-refractivity contribution in [1.29, 1.82) is 5.26 Å². The number of methoxy groups -OCH3 is 3. The van der Waals surface area contributed by atoms with E-state index in [1.165, 1.54) is 5.69 Å². The molecular formula is C37H58N4O4. The third-order valence-corrected chi connectivity index (χ3v) is 7.61. The van der Waals surface area contributed by atoms with Crippen molar-refractivity contribution in [2.75, 3.05) is 59.5 Å². The Kier molecular flexibility index (Phi) is 20.5. The Morgan fingerprint density at radius 1 is 0.933 bits per heavy atom. The minimum atomic E-state index is -0.208. The maximum Gasteiger partial charge on any atom is 0.269 e. The molecular weight excluding hydrogens is 564 g/mol. The molecule has 0 spiro atoms. The van der Waals surface area contributed by atoms with Crippen LogP contribution in [-0.2, 0) is 18.9 Å². The molecule has 0 N–H and O–H groups in total. The molecule has 1 aliphatic rings. The summed E-state index contributed by atoms with van der Waals surface area (Å²) in [5.41, 5.74) is 3.42. The van der Waals surface area contributed by atoms with Crippen LogP contribution in [0.25, 0.3) is 10.9 Å². The number of nitriles is 1. The van der Waals surface area contributed by atoms with E-state index in [1.54, 1.807) is 33.7 Å². The second-order valence-electron chi connectivity index (χ2n) is 11.6. The van der Waals surface area contributed by atoms with Crippen LogP contribution in [0.3, 0.4) is 0 Å². The molecule has 1 heterocycles. The summed E-state index contributed by atoms with van der Waals surface area (Å²) in [4.78, 5) is 7.93. The quantitative estimate of drug-likeness (QED) is 0.172. The first-order valence-electron chi connectivity index (χ1n) is 15.7. The van der Waals surface area contributed by atoms with E-state index in [2.05, 4.69) is 73.7 Å². The topological polar surface area (TPSA) is 71.5 Å². The Balaban J connectivity index is 0.000000936. The van der Waals surface area contributed by atoms with E-state index in [4.69, 9.17) is 25.5 Å². The summed E-state index contributed by atoms with van der Waals surface area (Å²) in [6, 6.07) is 10.3. The van der Waals surface area contributed by atoms with Crippen LogP contribution in [0.15, 0.2) is 65.3 Å². The highest BCUT2D eigenvalue weighted by molar-refractivity contribution is 5.64. The lowest BCUT2D eigenvalue weighted by Gasteiger charge is -2.26. The summed E-state index contributed by atoms with van der Waals surface area (Å²) >= 11 is 0. The van der Waals surface area contributed by atoms with Gasteiger partial charge < -0.3 is 28.7 Å². The average molecular weight is 623 g/mol. The summed E-state index contributed by atoms with van der Waals surface area (Å²) in [5, 5.41) is 9.35. The van der Waals surface area contributed by atoms with Crippen molar-refractivity contribution in [3.8, 4) is 6.07 Å². The van der Waals surface area contributed by atoms with Gasteiger partial charge in [-0.3, -0.25) is 0 Å². The first kappa shape index (κ1) is 41.6. The van der Waals surface area contributed by atoms with Crippen molar-refractivity contribution in [3.05, 3.63) is 82.3 Å². The molecule has 1 aromatic rings. The van der Waals surface area contributed by atoms with Crippen LogP contribution in [0.1, 0.15) is 67.9 Å². The molecule has 0 saturated carbocycles. The number of nitrogens with zero attached hydrogens (tertiary/aromatic N) is 4. The van der Waals surface area contributed by atoms with Crippen molar-refractivity contribution < 1.29 is 18.9 Å². The third-order valence-electron chi connectivity index (χ3n) is 7.61. The molecule has 8 nitrogen and oxygen atoms in total. The molecule has 0 aromatic heterocycles. The van der Waals surface area contributed by atoms with Gasteiger partial charge in [-0.25, -0.2) is 10.1 Å². The SMILES string of the molecule is CCN(C)CC.COC(C)C(OC)C(C)OC.[C-]#[N+]/C(C#N)=C1/C=C(C(C)(C)C)OC=C1/C=C/c1ccc(N(CC)CC)cc1. The van der Waals surface area contributed by atoms with Crippen LogP contribution in [-0.4, -0.2) is 77.8 Å². The minimum absolute atomic E-state index is 0.00463. The van der Waals surface area contributed by atoms with E-state index in [0.29, 0.717) is 11.1 Å². The lowest BCUT2D eigenvalue weighted by molar-refractivity contribution is -0.0941. The smallest absolute Gasteiger partial charge is 0.269 e. The number of benzene rings is 1. The van der Waals surface area contributed by atoms with E-state index in [9.17, 15) is 5.26 Å². The Morgan fingerprint density at radius 2 is 1.47 bits per heavy atom. The van der Waals surface area contributed by atoms with Gasteiger partial charge in [-0.05, 0) is 71.6 Å². The number of rotatable bonds is 12. The fourth-order valence-electron chi connectivity index (χ4n) is 4.14. The van der Waals surface area contributed by atoms with Crippen LogP contribution in [0.5, 0.6) is 0 Å². The fraction of sp³-hybridized carbons (Fsp3) is 0.568. The zero-order valence-electron chi connectivity index (χ0n) is 30.1.